The Bertz CT molecular complexity index is 846. The molecule has 0 aromatic rings. The summed E-state index contributed by atoms with van der Waals surface area (Å²) < 4.78 is 16.9. The van der Waals surface area contributed by atoms with E-state index in [1.165, 1.54) is 13.2 Å². The second kappa shape index (κ2) is 5.95. The van der Waals surface area contributed by atoms with Gasteiger partial charge in [-0.15, -0.1) is 0 Å². The maximum absolute atomic E-state index is 12.4. The van der Waals surface area contributed by atoms with Gasteiger partial charge < -0.3 is 14.2 Å². The third-order valence-corrected chi connectivity index (χ3v) is 5.40. The molecule has 3 unspecified atom stereocenters. The zero-order valence-electron chi connectivity index (χ0n) is 14.6. The standard InChI is InChI=1S/C19H19NO6/c1-3-25-13-7-8-14-18-11(13)9-15(24-2)12-5-4-6-16(20(22)23)19(12,18)10-17(21)26-14/h4-6,8-9,13,16H,3,7,10H2,1-2H3. The zero-order chi connectivity index (χ0) is 18.5. The molecule has 3 atom stereocenters. The fourth-order valence-corrected chi connectivity index (χ4v) is 4.47. The first-order valence-corrected chi connectivity index (χ1v) is 8.59. The summed E-state index contributed by atoms with van der Waals surface area (Å²) in [6.45, 7) is 2.41. The van der Waals surface area contributed by atoms with Crippen LogP contribution in [0.2, 0.25) is 0 Å². The maximum atomic E-state index is 12.4. The molecule has 0 N–H and O–H groups in total. The van der Waals surface area contributed by atoms with E-state index in [0.717, 1.165) is 5.57 Å². The van der Waals surface area contributed by atoms with Gasteiger partial charge in [0.1, 0.15) is 16.9 Å². The first-order valence-electron chi connectivity index (χ1n) is 8.59. The Kier molecular flexibility index (Phi) is 3.84. The van der Waals surface area contributed by atoms with Crippen molar-refractivity contribution in [3.8, 4) is 0 Å². The third-order valence-electron chi connectivity index (χ3n) is 5.40. The molecule has 1 heterocycles. The molecule has 7 heteroatoms. The van der Waals surface area contributed by atoms with Crippen LogP contribution in [0.1, 0.15) is 19.8 Å². The molecule has 0 amide bonds. The Hall–Kier alpha value is -2.67. The molecular formula is C19H19NO6. The fraction of sp³-hybridized carbons (Fsp3) is 0.421. The predicted molar refractivity (Wildman–Crippen MR) is 91.4 cm³/mol. The van der Waals surface area contributed by atoms with Crippen LogP contribution in [-0.4, -0.2) is 36.8 Å². The normalized spacial score (nSPS) is 31.9. The number of hydrogen-bond acceptors (Lipinski definition) is 6. The number of carbonyl (C=O) groups excluding carboxylic acids is 1. The average molecular weight is 357 g/mol. The van der Waals surface area contributed by atoms with Gasteiger partial charge in [-0.1, -0.05) is 12.2 Å². The molecule has 1 aliphatic heterocycles. The Labute approximate surface area is 150 Å². The minimum atomic E-state index is -1.13. The van der Waals surface area contributed by atoms with Crippen molar-refractivity contribution in [3.05, 3.63) is 68.7 Å². The van der Waals surface area contributed by atoms with E-state index in [2.05, 4.69) is 0 Å². The van der Waals surface area contributed by atoms with Crippen LogP contribution in [0, 0.1) is 15.5 Å². The van der Waals surface area contributed by atoms with E-state index in [1.54, 1.807) is 18.2 Å². The minimum absolute atomic E-state index is 0.107. The highest BCUT2D eigenvalue weighted by atomic mass is 16.6. The Morgan fingerprint density at radius 2 is 2.27 bits per heavy atom. The molecule has 0 radical (unpaired) electrons. The molecule has 7 nitrogen and oxygen atoms in total. The number of ether oxygens (including phenoxy) is 3. The molecule has 1 fully saturated rings. The molecule has 0 bridgehead atoms. The summed E-state index contributed by atoms with van der Waals surface area (Å²) in [6, 6.07) is -1.08. The minimum Gasteiger partial charge on any atom is -0.496 e. The lowest BCUT2D eigenvalue weighted by atomic mass is 9.58. The Morgan fingerprint density at radius 3 is 2.96 bits per heavy atom. The van der Waals surface area contributed by atoms with E-state index in [0.29, 0.717) is 35.7 Å². The van der Waals surface area contributed by atoms with Gasteiger partial charge in [0, 0.05) is 22.7 Å². The second-order valence-corrected chi connectivity index (χ2v) is 6.61. The zero-order valence-corrected chi connectivity index (χ0v) is 14.6. The van der Waals surface area contributed by atoms with Crippen LogP contribution in [0.25, 0.3) is 0 Å². The van der Waals surface area contributed by atoms with Crippen molar-refractivity contribution in [1.82, 2.24) is 0 Å². The summed E-state index contributed by atoms with van der Waals surface area (Å²) in [5.41, 5.74) is 0.987. The summed E-state index contributed by atoms with van der Waals surface area (Å²) in [5, 5.41) is 11.9. The van der Waals surface area contributed by atoms with Gasteiger partial charge >= 0.3 is 5.97 Å². The first kappa shape index (κ1) is 16.8. The Balaban J connectivity index is 2.02. The molecule has 136 valence electrons. The maximum Gasteiger partial charge on any atom is 0.312 e. The number of esters is 1. The van der Waals surface area contributed by atoms with Crippen LogP contribution in [0.15, 0.2) is 58.6 Å². The number of nitro groups is 1. The van der Waals surface area contributed by atoms with Crippen LogP contribution in [-0.2, 0) is 19.0 Å². The van der Waals surface area contributed by atoms with Gasteiger partial charge in [0.05, 0.1) is 19.6 Å². The lowest BCUT2D eigenvalue weighted by Crippen LogP contribution is -2.51. The summed E-state index contributed by atoms with van der Waals surface area (Å²) >= 11 is 0. The number of nitrogens with zero attached hydrogens (tertiary/aromatic N) is 1. The highest BCUT2D eigenvalue weighted by molar-refractivity contribution is 5.80. The first-order chi connectivity index (χ1) is 12.5. The highest BCUT2D eigenvalue weighted by Crippen LogP contribution is 2.59. The molecule has 4 aliphatic rings. The van der Waals surface area contributed by atoms with Crippen molar-refractivity contribution in [2.24, 2.45) is 5.41 Å². The van der Waals surface area contributed by atoms with Crippen LogP contribution < -0.4 is 0 Å². The SMILES string of the molecule is CCOC1CC=C2OC(=O)CC34C(=CC=CC3[N+](=O)[O-])C(OC)=CC1=C24. The summed E-state index contributed by atoms with van der Waals surface area (Å²) in [4.78, 5) is 24.0. The molecular weight excluding hydrogens is 338 g/mol. The van der Waals surface area contributed by atoms with Crippen LogP contribution in [0.5, 0.6) is 0 Å². The number of carbonyl (C=O) groups is 1. The third kappa shape index (κ3) is 2.13. The molecule has 3 aliphatic carbocycles. The van der Waals surface area contributed by atoms with E-state index in [9.17, 15) is 14.9 Å². The summed E-state index contributed by atoms with van der Waals surface area (Å²) in [5.74, 6) is 0.465. The molecule has 26 heavy (non-hydrogen) atoms. The van der Waals surface area contributed by atoms with Crippen molar-refractivity contribution in [2.45, 2.75) is 31.9 Å². The van der Waals surface area contributed by atoms with E-state index in [-0.39, 0.29) is 17.4 Å². The van der Waals surface area contributed by atoms with Gasteiger partial charge in [-0.3, -0.25) is 14.9 Å². The van der Waals surface area contributed by atoms with E-state index in [1.807, 2.05) is 13.0 Å². The topological polar surface area (TPSA) is 87.9 Å². The summed E-state index contributed by atoms with van der Waals surface area (Å²) in [6.07, 6.45) is 8.82. The van der Waals surface area contributed by atoms with Gasteiger partial charge in [-0.05, 0) is 37.1 Å². The monoisotopic (exact) mass is 357 g/mol. The predicted octanol–water partition coefficient (Wildman–Crippen LogP) is 2.59. The largest absolute Gasteiger partial charge is 0.496 e. The fourth-order valence-electron chi connectivity index (χ4n) is 4.47. The van der Waals surface area contributed by atoms with Gasteiger partial charge in [0.2, 0.25) is 6.04 Å². The van der Waals surface area contributed by atoms with E-state index >= 15 is 0 Å². The van der Waals surface area contributed by atoms with Crippen molar-refractivity contribution >= 4 is 5.97 Å². The smallest absolute Gasteiger partial charge is 0.312 e. The van der Waals surface area contributed by atoms with Crippen molar-refractivity contribution in [2.75, 3.05) is 13.7 Å². The van der Waals surface area contributed by atoms with Crippen LogP contribution in [0.4, 0.5) is 0 Å². The van der Waals surface area contributed by atoms with E-state index in [4.69, 9.17) is 14.2 Å². The second-order valence-electron chi connectivity index (χ2n) is 6.61. The molecule has 0 aromatic carbocycles. The number of allylic oxidation sites excluding steroid dienone is 4. The van der Waals surface area contributed by atoms with Crippen LogP contribution >= 0.6 is 0 Å². The lowest BCUT2D eigenvalue weighted by molar-refractivity contribution is -0.524. The molecule has 1 spiro atoms. The molecule has 0 aromatic heterocycles. The van der Waals surface area contributed by atoms with Crippen LogP contribution in [0.3, 0.4) is 0 Å². The van der Waals surface area contributed by atoms with Gasteiger partial charge in [0.25, 0.3) is 0 Å². The number of rotatable bonds is 4. The van der Waals surface area contributed by atoms with Gasteiger partial charge in [-0.25, -0.2) is 0 Å². The van der Waals surface area contributed by atoms with Gasteiger partial charge in [0.15, 0.2) is 0 Å². The van der Waals surface area contributed by atoms with Gasteiger partial charge in [-0.2, -0.15) is 0 Å². The molecule has 0 saturated carbocycles. The van der Waals surface area contributed by atoms with E-state index < -0.39 is 17.4 Å². The summed E-state index contributed by atoms with van der Waals surface area (Å²) in [7, 11) is 1.53. The lowest BCUT2D eigenvalue weighted by Gasteiger charge is -2.47. The van der Waals surface area contributed by atoms with Crippen molar-refractivity contribution in [1.29, 1.82) is 0 Å². The number of methoxy groups -OCH3 is 1. The Morgan fingerprint density at radius 1 is 1.46 bits per heavy atom. The van der Waals surface area contributed by atoms with Crippen molar-refractivity contribution in [3.63, 3.8) is 0 Å². The highest BCUT2D eigenvalue weighted by Gasteiger charge is 2.61. The van der Waals surface area contributed by atoms with Crippen molar-refractivity contribution < 1.29 is 23.9 Å². The molecule has 1 saturated heterocycles. The average Bonchev–Trinajstić information content (AvgIpc) is 2.61. The number of hydrogen-bond donors (Lipinski definition) is 0. The molecule has 4 rings (SSSR count). The quantitative estimate of drug-likeness (QED) is 0.437.